The van der Waals surface area contributed by atoms with E-state index in [2.05, 4.69) is 5.16 Å². The molecule has 1 aromatic carbocycles. The Balaban J connectivity index is 2.95. The number of nitrogens with zero attached hydrogens (tertiary/aromatic N) is 1. The van der Waals surface area contributed by atoms with E-state index in [-0.39, 0.29) is 4.49 Å². The lowest BCUT2D eigenvalue weighted by atomic mass is 10.1. The maximum Gasteiger partial charge on any atom is 0.107 e. The zero-order chi connectivity index (χ0) is 10.6. The highest BCUT2D eigenvalue weighted by atomic mass is 35.5. The summed E-state index contributed by atoms with van der Waals surface area (Å²) >= 11 is 11.0. The minimum atomic E-state index is 0.213. The van der Waals surface area contributed by atoms with Crippen molar-refractivity contribution in [3.05, 3.63) is 39.9 Å². The van der Waals surface area contributed by atoms with Gasteiger partial charge >= 0.3 is 0 Å². The molecule has 0 aliphatic rings. The molecule has 2 nitrogen and oxygen atoms in total. The fourth-order valence-electron chi connectivity index (χ4n) is 1.00. The Morgan fingerprint density at radius 1 is 1.29 bits per heavy atom. The van der Waals surface area contributed by atoms with Crippen molar-refractivity contribution in [3.8, 4) is 0 Å². The largest absolute Gasteiger partial charge is 0.411 e. The molecule has 0 atom stereocenters. The molecule has 0 saturated heterocycles. The highest BCUT2D eigenvalue weighted by molar-refractivity contribution is 6.57. The highest BCUT2D eigenvalue weighted by Crippen LogP contribution is 2.14. The molecule has 0 bridgehead atoms. The van der Waals surface area contributed by atoms with Crippen LogP contribution in [0.5, 0.6) is 0 Å². The summed E-state index contributed by atoms with van der Waals surface area (Å²) in [5.74, 6) is 0. The Morgan fingerprint density at radius 2 is 1.86 bits per heavy atom. The van der Waals surface area contributed by atoms with Gasteiger partial charge in [0.1, 0.15) is 4.49 Å². The zero-order valence-corrected chi connectivity index (χ0v) is 9.05. The molecule has 0 aliphatic heterocycles. The molecule has 14 heavy (non-hydrogen) atoms. The average Bonchev–Trinajstić information content (AvgIpc) is 2.17. The van der Waals surface area contributed by atoms with Crippen LogP contribution in [0.15, 0.2) is 33.9 Å². The molecular weight excluding hydrogens is 221 g/mol. The molecule has 0 unspecified atom stereocenters. The number of oxime groups is 1. The van der Waals surface area contributed by atoms with Crippen LogP contribution in [0, 0.1) is 0 Å². The topological polar surface area (TPSA) is 32.6 Å². The molecule has 0 radical (unpaired) electrons. The first-order chi connectivity index (χ1) is 6.63. The third-order valence-electron chi connectivity index (χ3n) is 1.75. The van der Waals surface area contributed by atoms with Crippen LogP contribution in [-0.4, -0.2) is 10.9 Å². The zero-order valence-electron chi connectivity index (χ0n) is 7.54. The van der Waals surface area contributed by atoms with Crippen molar-refractivity contribution in [2.24, 2.45) is 5.16 Å². The van der Waals surface area contributed by atoms with E-state index in [1.54, 1.807) is 13.0 Å². The minimum absolute atomic E-state index is 0.213. The second kappa shape index (κ2) is 5.03. The summed E-state index contributed by atoms with van der Waals surface area (Å²) in [4.78, 5) is 0. The first-order valence-corrected chi connectivity index (χ1v) is 4.71. The van der Waals surface area contributed by atoms with Gasteiger partial charge in [0.25, 0.3) is 0 Å². The quantitative estimate of drug-likeness (QED) is 0.469. The van der Waals surface area contributed by atoms with Crippen LogP contribution in [0.3, 0.4) is 0 Å². The summed E-state index contributed by atoms with van der Waals surface area (Å²) in [7, 11) is 0. The lowest BCUT2D eigenvalue weighted by Gasteiger charge is -1.98. The standard InChI is InChI=1S/C10H9Cl2NO/c1-7(13-14)9-4-2-8(3-5-9)6-10(11)12/h2-6,14H,1H3. The van der Waals surface area contributed by atoms with E-state index in [1.807, 2.05) is 24.3 Å². The Hall–Kier alpha value is -0.990. The van der Waals surface area contributed by atoms with E-state index in [9.17, 15) is 0 Å². The molecule has 74 valence electrons. The molecule has 0 spiro atoms. The first-order valence-electron chi connectivity index (χ1n) is 3.95. The maximum absolute atomic E-state index is 8.54. The third kappa shape index (κ3) is 3.05. The molecule has 0 saturated carbocycles. The van der Waals surface area contributed by atoms with Gasteiger partial charge < -0.3 is 5.21 Å². The lowest BCUT2D eigenvalue weighted by Crippen LogP contribution is -1.93. The van der Waals surface area contributed by atoms with Gasteiger partial charge in [-0.1, -0.05) is 52.6 Å². The van der Waals surface area contributed by atoms with Crippen molar-refractivity contribution in [3.63, 3.8) is 0 Å². The monoisotopic (exact) mass is 229 g/mol. The number of benzene rings is 1. The SMILES string of the molecule is CC(=NO)c1ccc(C=C(Cl)Cl)cc1. The van der Waals surface area contributed by atoms with Crippen LogP contribution in [0.2, 0.25) is 0 Å². The summed E-state index contributed by atoms with van der Waals surface area (Å²) in [6, 6.07) is 7.35. The number of halogens is 2. The van der Waals surface area contributed by atoms with Crippen molar-refractivity contribution in [2.75, 3.05) is 0 Å². The van der Waals surface area contributed by atoms with Gasteiger partial charge in [-0.3, -0.25) is 0 Å². The van der Waals surface area contributed by atoms with Crippen molar-refractivity contribution >= 4 is 35.0 Å². The smallest absolute Gasteiger partial charge is 0.107 e. The van der Waals surface area contributed by atoms with E-state index < -0.39 is 0 Å². The van der Waals surface area contributed by atoms with Gasteiger partial charge in [0.2, 0.25) is 0 Å². The summed E-state index contributed by atoms with van der Waals surface area (Å²) < 4.78 is 0.213. The van der Waals surface area contributed by atoms with Gasteiger partial charge in [0.15, 0.2) is 0 Å². The maximum atomic E-state index is 8.54. The van der Waals surface area contributed by atoms with E-state index in [0.717, 1.165) is 11.1 Å². The van der Waals surface area contributed by atoms with Crippen molar-refractivity contribution < 1.29 is 5.21 Å². The number of hydrogen-bond acceptors (Lipinski definition) is 2. The van der Waals surface area contributed by atoms with Crippen LogP contribution in [0.4, 0.5) is 0 Å². The molecular formula is C10H9Cl2NO. The first kappa shape index (κ1) is 11.1. The molecule has 0 fully saturated rings. The Morgan fingerprint density at radius 3 is 2.29 bits per heavy atom. The molecule has 0 heterocycles. The number of hydrogen-bond donors (Lipinski definition) is 1. The molecule has 0 aliphatic carbocycles. The third-order valence-corrected chi connectivity index (χ3v) is 1.97. The summed E-state index contributed by atoms with van der Waals surface area (Å²) in [5, 5.41) is 11.6. The minimum Gasteiger partial charge on any atom is -0.411 e. The Kier molecular flexibility index (Phi) is 3.98. The van der Waals surface area contributed by atoms with E-state index in [4.69, 9.17) is 28.4 Å². The normalized spacial score (nSPS) is 11.2. The highest BCUT2D eigenvalue weighted by Gasteiger charge is 1.97. The molecule has 0 aromatic heterocycles. The predicted octanol–water partition coefficient (Wildman–Crippen LogP) is 3.66. The van der Waals surface area contributed by atoms with E-state index in [0.29, 0.717) is 5.71 Å². The lowest BCUT2D eigenvalue weighted by molar-refractivity contribution is 0.319. The van der Waals surface area contributed by atoms with Crippen molar-refractivity contribution in [1.82, 2.24) is 0 Å². The van der Waals surface area contributed by atoms with Crippen LogP contribution in [-0.2, 0) is 0 Å². The summed E-state index contributed by atoms with van der Waals surface area (Å²) in [6.45, 7) is 1.72. The summed E-state index contributed by atoms with van der Waals surface area (Å²) in [6.07, 6.45) is 1.64. The van der Waals surface area contributed by atoms with E-state index in [1.165, 1.54) is 0 Å². The van der Waals surface area contributed by atoms with Gasteiger partial charge in [0.05, 0.1) is 5.71 Å². The summed E-state index contributed by atoms with van der Waals surface area (Å²) in [5.41, 5.74) is 2.33. The molecule has 1 N–H and O–H groups in total. The molecule has 1 aromatic rings. The van der Waals surface area contributed by atoms with Gasteiger partial charge in [-0.2, -0.15) is 0 Å². The fraction of sp³-hybridized carbons (Fsp3) is 0.100. The molecule has 4 heteroatoms. The van der Waals surface area contributed by atoms with Crippen molar-refractivity contribution in [1.29, 1.82) is 0 Å². The van der Waals surface area contributed by atoms with Crippen LogP contribution < -0.4 is 0 Å². The number of rotatable bonds is 2. The second-order valence-electron chi connectivity index (χ2n) is 2.74. The van der Waals surface area contributed by atoms with Crippen LogP contribution in [0.25, 0.3) is 6.08 Å². The van der Waals surface area contributed by atoms with Crippen LogP contribution in [0.1, 0.15) is 18.1 Å². The Labute approximate surface area is 92.5 Å². The van der Waals surface area contributed by atoms with Crippen LogP contribution >= 0.6 is 23.2 Å². The molecule has 1 rings (SSSR count). The predicted molar refractivity (Wildman–Crippen MR) is 60.1 cm³/mol. The average molecular weight is 230 g/mol. The Bertz CT molecular complexity index is 364. The van der Waals surface area contributed by atoms with Gasteiger partial charge in [-0.25, -0.2) is 0 Å². The molecule has 0 amide bonds. The fourth-order valence-corrected chi connectivity index (χ4v) is 1.26. The van der Waals surface area contributed by atoms with E-state index >= 15 is 0 Å². The second-order valence-corrected chi connectivity index (χ2v) is 3.75. The van der Waals surface area contributed by atoms with Gasteiger partial charge in [-0.05, 0) is 24.1 Å². The van der Waals surface area contributed by atoms with Gasteiger partial charge in [-0.15, -0.1) is 0 Å². The van der Waals surface area contributed by atoms with Crippen molar-refractivity contribution in [2.45, 2.75) is 6.92 Å². The van der Waals surface area contributed by atoms with Gasteiger partial charge in [0, 0.05) is 0 Å².